The van der Waals surface area contributed by atoms with Crippen molar-refractivity contribution >= 4 is 5.57 Å². The summed E-state index contributed by atoms with van der Waals surface area (Å²) in [5.41, 5.74) is 8.37. The highest BCUT2D eigenvalue weighted by Gasteiger charge is 2.31. The number of benzene rings is 2. The Morgan fingerprint density at radius 3 is 2.48 bits per heavy atom. The molecule has 1 heteroatoms. The van der Waals surface area contributed by atoms with E-state index < -0.39 is 0 Å². The maximum absolute atomic E-state index is 6.30. The van der Waals surface area contributed by atoms with Crippen LogP contribution in [0.1, 0.15) is 74.7 Å². The van der Waals surface area contributed by atoms with Crippen LogP contribution in [0.25, 0.3) is 16.7 Å². The summed E-state index contributed by atoms with van der Waals surface area (Å²) >= 11 is 0. The molecular formula is C24H28O. The zero-order valence-corrected chi connectivity index (χ0v) is 15.3. The van der Waals surface area contributed by atoms with Gasteiger partial charge in [-0.15, -0.1) is 0 Å². The van der Waals surface area contributed by atoms with E-state index >= 15 is 0 Å². The van der Waals surface area contributed by atoms with Crippen molar-refractivity contribution in [1.29, 1.82) is 0 Å². The fourth-order valence-electron chi connectivity index (χ4n) is 4.28. The average molecular weight is 332 g/mol. The zero-order chi connectivity index (χ0) is 17.1. The van der Waals surface area contributed by atoms with E-state index in [1.54, 1.807) is 0 Å². The predicted molar refractivity (Wildman–Crippen MR) is 106 cm³/mol. The first-order chi connectivity index (χ1) is 12.4. The van der Waals surface area contributed by atoms with Gasteiger partial charge >= 0.3 is 0 Å². The molecule has 0 radical (unpaired) electrons. The predicted octanol–water partition coefficient (Wildman–Crippen LogP) is 6.92. The molecule has 0 aromatic heterocycles. The van der Waals surface area contributed by atoms with E-state index in [1.165, 1.54) is 71.9 Å². The van der Waals surface area contributed by atoms with Crippen LogP contribution >= 0.6 is 0 Å². The van der Waals surface area contributed by atoms with Crippen LogP contribution in [-0.4, -0.2) is 6.61 Å². The lowest BCUT2D eigenvalue weighted by Gasteiger charge is -2.24. The second kappa shape index (κ2) is 7.58. The molecule has 4 rings (SSSR count). The number of unbranched alkanes of at least 4 members (excludes halogenated alkanes) is 5. The molecule has 0 saturated carbocycles. The second-order valence-corrected chi connectivity index (χ2v) is 7.30. The summed E-state index contributed by atoms with van der Waals surface area (Å²) in [4.78, 5) is 0. The number of hydrogen-bond acceptors (Lipinski definition) is 1. The summed E-state index contributed by atoms with van der Waals surface area (Å²) < 4.78 is 6.30. The van der Waals surface area contributed by atoms with Crippen LogP contribution in [0.5, 0.6) is 0 Å². The van der Waals surface area contributed by atoms with E-state index in [-0.39, 0.29) is 6.10 Å². The molecule has 2 aliphatic rings. The van der Waals surface area contributed by atoms with Gasteiger partial charge in [0.1, 0.15) is 0 Å². The monoisotopic (exact) mass is 332 g/mol. The Labute approximate surface area is 151 Å². The van der Waals surface area contributed by atoms with E-state index in [0.29, 0.717) is 0 Å². The van der Waals surface area contributed by atoms with Gasteiger partial charge < -0.3 is 4.74 Å². The first kappa shape index (κ1) is 16.6. The molecule has 0 saturated heterocycles. The van der Waals surface area contributed by atoms with Gasteiger partial charge in [-0.1, -0.05) is 87.6 Å². The van der Waals surface area contributed by atoms with Crippen LogP contribution in [0.2, 0.25) is 0 Å². The fourth-order valence-corrected chi connectivity index (χ4v) is 4.28. The second-order valence-electron chi connectivity index (χ2n) is 7.30. The molecule has 0 amide bonds. The minimum absolute atomic E-state index is 0.226. The standard InChI is InChI=1S/C24H28O/c1-2-3-4-5-6-9-17-25-23-16-15-21-19-12-8-7-11-18(19)20-13-10-14-22(23)24(20)21/h7-8,10-15,23H,2-6,9,16-17H2,1H3. The Morgan fingerprint density at radius 1 is 0.840 bits per heavy atom. The Morgan fingerprint density at radius 2 is 1.60 bits per heavy atom. The Bertz CT molecular complexity index is 771. The van der Waals surface area contributed by atoms with Gasteiger partial charge in [-0.3, -0.25) is 0 Å². The van der Waals surface area contributed by atoms with Crippen LogP contribution in [0, 0.1) is 0 Å². The van der Waals surface area contributed by atoms with Crippen molar-refractivity contribution in [3.63, 3.8) is 0 Å². The third kappa shape index (κ3) is 3.18. The van der Waals surface area contributed by atoms with Crippen molar-refractivity contribution in [2.75, 3.05) is 6.61 Å². The normalized spacial score (nSPS) is 17.2. The molecule has 1 nitrogen and oxygen atoms in total. The van der Waals surface area contributed by atoms with Gasteiger partial charge in [-0.25, -0.2) is 0 Å². The van der Waals surface area contributed by atoms with Crippen molar-refractivity contribution in [3.05, 3.63) is 65.2 Å². The number of rotatable bonds is 8. The number of ether oxygens (including phenoxy) is 1. The lowest BCUT2D eigenvalue weighted by molar-refractivity contribution is 0.0509. The van der Waals surface area contributed by atoms with E-state index in [9.17, 15) is 0 Å². The Hall–Kier alpha value is -1.86. The molecule has 0 aliphatic heterocycles. The first-order valence-corrected chi connectivity index (χ1v) is 9.95. The highest BCUT2D eigenvalue weighted by molar-refractivity contribution is 6.02. The SMILES string of the molecule is CCCCCCCCOC1CC=C2c3ccccc3-c3cccc1c32. The fraction of sp³-hybridized carbons (Fsp3) is 0.417. The molecule has 2 aliphatic carbocycles. The molecule has 0 spiro atoms. The molecule has 0 bridgehead atoms. The van der Waals surface area contributed by atoms with E-state index in [2.05, 4.69) is 55.5 Å². The van der Waals surface area contributed by atoms with Gasteiger partial charge in [-0.2, -0.15) is 0 Å². The third-order valence-corrected chi connectivity index (χ3v) is 5.57. The molecule has 0 heterocycles. The van der Waals surface area contributed by atoms with Crippen LogP contribution in [-0.2, 0) is 4.74 Å². The molecule has 2 aromatic carbocycles. The van der Waals surface area contributed by atoms with Gasteiger partial charge in [0, 0.05) is 6.61 Å². The quantitative estimate of drug-likeness (QED) is 0.407. The van der Waals surface area contributed by atoms with Crippen molar-refractivity contribution in [2.45, 2.75) is 58.0 Å². The van der Waals surface area contributed by atoms with E-state index in [0.717, 1.165) is 13.0 Å². The Kier molecular flexibility index (Phi) is 5.03. The van der Waals surface area contributed by atoms with Gasteiger partial charge in [0.25, 0.3) is 0 Å². The largest absolute Gasteiger partial charge is 0.373 e. The van der Waals surface area contributed by atoms with Crippen molar-refractivity contribution in [1.82, 2.24) is 0 Å². The minimum atomic E-state index is 0.226. The smallest absolute Gasteiger partial charge is 0.0865 e. The molecule has 0 fully saturated rings. The summed E-state index contributed by atoms with van der Waals surface area (Å²) in [5.74, 6) is 0. The van der Waals surface area contributed by atoms with Crippen LogP contribution in [0.15, 0.2) is 48.5 Å². The highest BCUT2D eigenvalue weighted by Crippen LogP contribution is 2.50. The molecule has 1 unspecified atom stereocenters. The first-order valence-electron chi connectivity index (χ1n) is 9.95. The number of hydrogen-bond donors (Lipinski definition) is 0. The summed E-state index contributed by atoms with van der Waals surface area (Å²) in [6.45, 7) is 3.15. The van der Waals surface area contributed by atoms with Crippen molar-refractivity contribution < 1.29 is 4.74 Å². The lowest BCUT2D eigenvalue weighted by Crippen LogP contribution is -2.11. The van der Waals surface area contributed by atoms with Gasteiger partial charge in [0.2, 0.25) is 0 Å². The van der Waals surface area contributed by atoms with Crippen LogP contribution < -0.4 is 0 Å². The molecule has 25 heavy (non-hydrogen) atoms. The number of fused-ring (bicyclic) bond motifs is 3. The summed E-state index contributed by atoms with van der Waals surface area (Å²) in [6.07, 6.45) is 11.5. The average Bonchev–Trinajstić information content (AvgIpc) is 2.99. The van der Waals surface area contributed by atoms with Gasteiger partial charge in [-0.05, 0) is 46.2 Å². The highest BCUT2D eigenvalue weighted by atomic mass is 16.5. The molecule has 1 atom stereocenters. The minimum Gasteiger partial charge on any atom is -0.373 e. The van der Waals surface area contributed by atoms with Crippen molar-refractivity contribution in [2.24, 2.45) is 0 Å². The summed E-state index contributed by atoms with van der Waals surface area (Å²) in [5, 5.41) is 0. The molecule has 0 N–H and O–H groups in total. The maximum Gasteiger partial charge on any atom is 0.0865 e. The maximum atomic E-state index is 6.30. The van der Waals surface area contributed by atoms with Gasteiger partial charge in [0.15, 0.2) is 0 Å². The zero-order valence-electron chi connectivity index (χ0n) is 15.3. The molecule has 130 valence electrons. The lowest BCUT2D eigenvalue weighted by atomic mass is 9.88. The summed E-state index contributed by atoms with van der Waals surface area (Å²) in [7, 11) is 0. The van der Waals surface area contributed by atoms with Crippen LogP contribution in [0.4, 0.5) is 0 Å². The van der Waals surface area contributed by atoms with Crippen molar-refractivity contribution in [3.8, 4) is 11.1 Å². The Balaban J connectivity index is 1.44. The third-order valence-electron chi connectivity index (χ3n) is 5.57. The van der Waals surface area contributed by atoms with E-state index in [4.69, 9.17) is 4.74 Å². The topological polar surface area (TPSA) is 9.23 Å². The van der Waals surface area contributed by atoms with Crippen LogP contribution in [0.3, 0.4) is 0 Å². The summed E-state index contributed by atoms with van der Waals surface area (Å²) in [6, 6.07) is 15.5. The van der Waals surface area contributed by atoms with Gasteiger partial charge in [0.05, 0.1) is 6.10 Å². The molecular weight excluding hydrogens is 304 g/mol. The molecule has 2 aromatic rings. The van der Waals surface area contributed by atoms with E-state index in [1.807, 2.05) is 0 Å².